The Labute approximate surface area is 127 Å². The highest BCUT2D eigenvalue weighted by Gasteiger charge is 2.28. The number of benzene rings is 1. The van der Waals surface area contributed by atoms with E-state index in [2.05, 4.69) is 5.16 Å². The van der Waals surface area contributed by atoms with Crippen molar-refractivity contribution in [2.24, 2.45) is 10.9 Å². The summed E-state index contributed by atoms with van der Waals surface area (Å²) in [6.07, 6.45) is 0. The SMILES string of the molecule is CN(Cc1ccsc1)C(=O)C(C(N)=NO)c1ccccc1. The van der Waals surface area contributed by atoms with Crippen LogP contribution in [0.5, 0.6) is 0 Å². The number of nitrogens with zero attached hydrogens (tertiary/aromatic N) is 2. The van der Waals surface area contributed by atoms with E-state index in [1.165, 1.54) is 0 Å². The first-order valence-electron chi connectivity index (χ1n) is 6.42. The van der Waals surface area contributed by atoms with Gasteiger partial charge >= 0.3 is 0 Å². The third-order valence-corrected chi connectivity index (χ3v) is 3.90. The number of oxime groups is 1. The van der Waals surface area contributed by atoms with Crippen LogP contribution in [0.4, 0.5) is 0 Å². The zero-order chi connectivity index (χ0) is 15.2. The van der Waals surface area contributed by atoms with Crippen molar-refractivity contribution in [1.82, 2.24) is 4.90 Å². The second-order valence-electron chi connectivity index (χ2n) is 4.69. The number of rotatable bonds is 5. The lowest BCUT2D eigenvalue weighted by molar-refractivity contribution is -0.130. The Balaban J connectivity index is 2.22. The summed E-state index contributed by atoms with van der Waals surface area (Å²) in [5.74, 6) is -1.09. The highest BCUT2D eigenvalue weighted by Crippen LogP contribution is 2.20. The van der Waals surface area contributed by atoms with Crippen LogP contribution in [0.1, 0.15) is 17.0 Å². The molecule has 21 heavy (non-hydrogen) atoms. The van der Waals surface area contributed by atoms with E-state index in [9.17, 15) is 4.79 Å². The highest BCUT2D eigenvalue weighted by atomic mass is 32.1. The van der Waals surface area contributed by atoms with E-state index in [-0.39, 0.29) is 11.7 Å². The van der Waals surface area contributed by atoms with Gasteiger partial charge in [0.25, 0.3) is 0 Å². The number of thiophene rings is 1. The number of carbonyl (C=O) groups excluding carboxylic acids is 1. The van der Waals surface area contributed by atoms with Crippen molar-refractivity contribution in [1.29, 1.82) is 0 Å². The zero-order valence-electron chi connectivity index (χ0n) is 11.6. The summed E-state index contributed by atoms with van der Waals surface area (Å²) in [7, 11) is 1.71. The summed E-state index contributed by atoms with van der Waals surface area (Å²) in [6.45, 7) is 0.490. The fourth-order valence-corrected chi connectivity index (χ4v) is 2.76. The van der Waals surface area contributed by atoms with Gasteiger partial charge in [-0.05, 0) is 28.0 Å². The molecule has 6 heteroatoms. The molecule has 2 rings (SSSR count). The molecule has 0 bridgehead atoms. The van der Waals surface area contributed by atoms with Crippen molar-refractivity contribution in [2.75, 3.05) is 7.05 Å². The monoisotopic (exact) mass is 303 g/mol. The quantitative estimate of drug-likeness (QED) is 0.385. The minimum absolute atomic E-state index is 0.108. The molecule has 0 saturated heterocycles. The molecule has 0 saturated carbocycles. The predicted octanol–water partition coefficient (Wildman–Crippen LogP) is 2.24. The molecule has 1 aromatic carbocycles. The van der Waals surface area contributed by atoms with Gasteiger partial charge in [-0.3, -0.25) is 4.79 Å². The number of amides is 1. The van der Waals surface area contributed by atoms with Crippen LogP contribution >= 0.6 is 11.3 Å². The fourth-order valence-electron chi connectivity index (χ4n) is 2.10. The Kier molecular flexibility index (Phi) is 4.94. The van der Waals surface area contributed by atoms with Crippen molar-refractivity contribution >= 4 is 23.1 Å². The molecule has 5 nitrogen and oxygen atoms in total. The Morgan fingerprint density at radius 3 is 2.67 bits per heavy atom. The normalized spacial score (nSPS) is 12.9. The van der Waals surface area contributed by atoms with Crippen molar-refractivity contribution in [3.05, 3.63) is 58.3 Å². The van der Waals surface area contributed by atoms with Crippen LogP contribution in [0.2, 0.25) is 0 Å². The number of hydrogen-bond acceptors (Lipinski definition) is 4. The minimum atomic E-state index is -0.778. The summed E-state index contributed by atoms with van der Waals surface area (Å²) in [4.78, 5) is 14.2. The Morgan fingerprint density at radius 1 is 1.38 bits per heavy atom. The van der Waals surface area contributed by atoms with Gasteiger partial charge in [0.15, 0.2) is 5.84 Å². The molecule has 2 aromatic rings. The molecule has 1 heterocycles. The largest absolute Gasteiger partial charge is 0.409 e. The lowest BCUT2D eigenvalue weighted by atomic mass is 9.96. The topological polar surface area (TPSA) is 78.9 Å². The fraction of sp³-hybridized carbons (Fsp3) is 0.200. The molecule has 0 spiro atoms. The lowest BCUT2D eigenvalue weighted by Crippen LogP contribution is -2.38. The minimum Gasteiger partial charge on any atom is -0.409 e. The van der Waals surface area contributed by atoms with Gasteiger partial charge in [0.1, 0.15) is 5.92 Å². The molecule has 1 atom stereocenters. The van der Waals surface area contributed by atoms with Crippen LogP contribution in [-0.4, -0.2) is 28.9 Å². The average Bonchev–Trinajstić information content (AvgIpc) is 3.01. The van der Waals surface area contributed by atoms with Crippen LogP contribution in [0.25, 0.3) is 0 Å². The average molecular weight is 303 g/mol. The first-order chi connectivity index (χ1) is 10.1. The Morgan fingerprint density at radius 2 is 2.10 bits per heavy atom. The van der Waals surface area contributed by atoms with E-state index >= 15 is 0 Å². The van der Waals surface area contributed by atoms with E-state index in [0.717, 1.165) is 5.56 Å². The van der Waals surface area contributed by atoms with Gasteiger partial charge < -0.3 is 15.8 Å². The molecular formula is C15H17N3O2S. The highest BCUT2D eigenvalue weighted by molar-refractivity contribution is 7.07. The molecule has 0 radical (unpaired) electrons. The third kappa shape index (κ3) is 3.61. The number of nitrogens with two attached hydrogens (primary N) is 1. The van der Waals surface area contributed by atoms with Gasteiger partial charge in [-0.1, -0.05) is 35.5 Å². The van der Waals surface area contributed by atoms with Crippen LogP contribution < -0.4 is 5.73 Å². The first-order valence-corrected chi connectivity index (χ1v) is 7.36. The number of carbonyl (C=O) groups is 1. The number of likely N-dealkylation sites (N-methyl/N-ethyl adjacent to an activating group) is 1. The molecular weight excluding hydrogens is 286 g/mol. The third-order valence-electron chi connectivity index (χ3n) is 3.17. The first kappa shape index (κ1) is 15.1. The van der Waals surface area contributed by atoms with E-state index < -0.39 is 5.92 Å². The summed E-state index contributed by atoms with van der Waals surface area (Å²) in [6, 6.07) is 11.0. The van der Waals surface area contributed by atoms with Gasteiger partial charge in [-0.25, -0.2) is 0 Å². The molecule has 1 aromatic heterocycles. The molecule has 3 N–H and O–H groups in total. The maximum Gasteiger partial charge on any atom is 0.237 e. The summed E-state index contributed by atoms with van der Waals surface area (Å²) < 4.78 is 0. The molecule has 0 fully saturated rings. The van der Waals surface area contributed by atoms with Crippen molar-refractivity contribution in [2.45, 2.75) is 12.5 Å². The van der Waals surface area contributed by atoms with Gasteiger partial charge in [-0.2, -0.15) is 11.3 Å². The summed E-state index contributed by atoms with van der Waals surface area (Å²) in [5.41, 5.74) is 7.48. The molecule has 110 valence electrons. The van der Waals surface area contributed by atoms with Gasteiger partial charge in [-0.15, -0.1) is 0 Å². The molecule has 0 aliphatic rings. The van der Waals surface area contributed by atoms with Crippen molar-refractivity contribution in [3.8, 4) is 0 Å². The van der Waals surface area contributed by atoms with Gasteiger partial charge in [0.2, 0.25) is 5.91 Å². The summed E-state index contributed by atoms with van der Waals surface area (Å²) >= 11 is 1.58. The van der Waals surface area contributed by atoms with Crippen LogP contribution in [-0.2, 0) is 11.3 Å². The van der Waals surface area contributed by atoms with Gasteiger partial charge in [0.05, 0.1) is 0 Å². The smallest absolute Gasteiger partial charge is 0.237 e. The Bertz CT molecular complexity index is 611. The van der Waals surface area contributed by atoms with Crippen LogP contribution in [0.3, 0.4) is 0 Å². The van der Waals surface area contributed by atoms with Crippen molar-refractivity contribution < 1.29 is 10.0 Å². The Hall–Kier alpha value is -2.34. The van der Waals surface area contributed by atoms with E-state index in [1.54, 1.807) is 35.4 Å². The van der Waals surface area contributed by atoms with E-state index in [4.69, 9.17) is 10.9 Å². The summed E-state index contributed by atoms with van der Waals surface area (Å²) in [5, 5.41) is 15.9. The standard InChI is InChI=1S/C15H17N3O2S/c1-18(9-11-7-8-21-10-11)15(19)13(14(16)17-20)12-5-3-2-4-6-12/h2-8,10,13,20H,9H2,1H3,(H2,16,17). The van der Waals surface area contributed by atoms with Crippen LogP contribution in [0.15, 0.2) is 52.3 Å². The zero-order valence-corrected chi connectivity index (χ0v) is 12.5. The predicted molar refractivity (Wildman–Crippen MR) is 83.4 cm³/mol. The van der Waals surface area contributed by atoms with Gasteiger partial charge in [0, 0.05) is 13.6 Å². The van der Waals surface area contributed by atoms with Crippen molar-refractivity contribution in [3.63, 3.8) is 0 Å². The molecule has 1 amide bonds. The van der Waals surface area contributed by atoms with E-state index in [1.807, 2.05) is 35.0 Å². The van der Waals surface area contributed by atoms with E-state index in [0.29, 0.717) is 12.1 Å². The molecule has 1 unspecified atom stereocenters. The van der Waals surface area contributed by atoms with Crippen LogP contribution in [0, 0.1) is 0 Å². The molecule has 0 aliphatic heterocycles. The number of amidine groups is 1. The second-order valence-corrected chi connectivity index (χ2v) is 5.47. The number of hydrogen-bond donors (Lipinski definition) is 2. The maximum atomic E-state index is 12.6. The molecule has 0 aliphatic carbocycles. The second kappa shape index (κ2) is 6.90. The lowest BCUT2D eigenvalue weighted by Gasteiger charge is -2.23. The maximum absolute atomic E-state index is 12.6.